The van der Waals surface area contributed by atoms with Crippen molar-refractivity contribution in [3.63, 3.8) is 0 Å². The summed E-state index contributed by atoms with van der Waals surface area (Å²) >= 11 is 0. The second-order valence-corrected chi connectivity index (χ2v) is 3.45. The van der Waals surface area contributed by atoms with Crippen molar-refractivity contribution in [3.8, 4) is 0 Å². The normalized spacial score (nSPS) is 41.8. The molecule has 1 aliphatic heterocycles. The fourth-order valence-electron chi connectivity index (χ4n) is 1.76. The molecular formula is C10H14O. The topological polar surface area (TPSA) is 12.5 Å². The molecule has 0 spiro atoms. The predicted molar refractivity (Wildman–Crippen MR) is 45.3 cm³/mol. The zero-order valence-corrected chi connectivity index (χ0v) is 7.08. The number of rotatable bonds is 2. The summed E-state index contributed by atoms with van der Waals surface area (Å²) in [6, 6.07) is 0. The van der Waals surface area contributed by atoms with Crippen molar-refractivity contribution in [1.82, 2.24) is 0 Å². The molecule has 60 valence electrons. The van der Waals surface area contributed by atoms with Crippen molar-refractivity contribution >= 4 is 0 Å². The summed E-state index contributed by atoms with van der Waals surface area (Å²) in [4.78, 5) is 0. The summed E-state index contributed by atoms with van der Waals surface area (Å²) < 4.78 is 5.64. The van der Waals surface area contributed by atoms with E-state index in [-0.39, 0.29) is 5.60 Å². The van der Waals surface area contributed by atoms with Crippen molar-refractivity contribution in [2.75, 3.05) is 0 Å². The van der Waals surface area contributed by atoms with Crippen LogP contribution in [-0.4, -0.2) is 11.7 Å². The molecule has 3 atom stereocenters. The van der Waals surface area contributed by atoms with Crippen LogP contribution >= 0.6 is 0 Å². The molecule has 1 heteroatoms. The van der Waals surface area contributed by atoms with Gasteiger partial charge in [-0.1, -0.05) is 38.5 Å². The second-order valence-electron chi connectivity index (χ2n) is 3.45. The molecule has 0 bridgehead atoms. The van der Waals surface area contributed by atoms with Gasteiger partial charge in [-0.15, -0.1) is 0 Å². The molecular weight excluding hydrogens is 136 g/mol. The maximum absolute atomic E-state index is 5.64. The van der Waals surface area contributed by atoms with Crippen LogP contribution < -0.4 is 0 Å². The Morgan fingerprint density at radius 3 is 3.00 bits per heavy atom. The summed E-state index contributed by atoms with van der Waals surface area (Å²) in [5.74, 6) is 0.647. The lowest BCUT2D eigenvalue weighted by Gasteiger charge is -2.15. The SMILES string of the molecule is CCC(C)C12C=CC=CC1O2. The lowest BCUT2D eigenvalue weighted by atomic mass is 9.86. The van der Waals surface area contributed by atoms with E-state index in [2.05, 4.69) is 38.2 Å². The minimum Gasteiger partial charge on any atom is -0.357 e. The van der Waals surface area contributed by atoms with E-state index in [1.54, 1.807) is 0 Å². The smallest absolute Gasteiger partial charge is 0.120 e. The van der Waals surface area contributed by atoms with Crippen LogP contribution in [0, 0.1) is 5.92 Å². The van der Waals surface area contributed by atoms with Gasteiger partial charge >= 0.3 is 0 Å². The first-order valence-electron chi connectivity index (χ1n) is 4.33. The zero-order valence-electron chi connectivity index (χ0n) is 7.08. The molecule has 1 heterocycles. The number of ether oxygens (including phenoxy) is 1. The zero-order chi connectivity index (χ0) is 7.90. The second kappa shape index (κ2) is 2.21. The van der Waals surface area contributed by atoms with Gasteiger partial charge in [-0.2, -0.15) is 0 Å². The third-order valence-electron chi connectivity index (χ3n) is 2.85. The Balaban J connectivity index is 2.16. The summed E-state index contributed by atoms with van der Waals surface area (Å²) in [5.41, 5.74) is 0.0868. The average molecular weight is 150 g/mol. The fraction of sp³-hybridized carbons (Fsp3) is 0.600. The highest BCUT2D eigenvalue weighted by atomic mass is 16.6. The van der Waals surface area contributed by atoms with E-state index in [1.165, 1.54) is 6.42 Å². The number of epoxide rings is 1. The first-order chi connectivity index (χ1) is 5.29. The number of allylic oxidation sites excluding steroid dienone is 2. The summed E-state index contributed by atoms with van der Waals surface area (Å²) in [6.45, 7) is 4.47. The molecule has 0 aromatic rings. The van der Waals surface area contributed by atoms with Crippen LogP contribution in [0.1, 0.15) is 20.3 Å². The maximum Gasteiger partial charge on any atom is 0.120 e. The van der Waals surface area contributed by atoms with Crippen LogP contribution in [0.2, 0.25) is 0 Å². The molecule has 1 saturated heterocycles. The molecule has 1 nitrogen and oxygen atoms in total. The Morgan fingerprint density at radius 1 is 1.55 bits per heavy atom. The molecule has 0 amide bonds. The van der Waals surface area contributed by atoms with Crippen molar-refractivity contribution in [2.24, 2.45) is 5.92 Å². The minimum atomic E-state index is 0.0868. The van der Waals surface area contributed by atoms with Gasteiger partial charge in [-0.05, 0) is 12.0 Å². The van der Waals surface area contributed by atoms with Gasteiger partial charge in [0.2, 0.25) is 0 Å². The molecule has 1 fully saturated rings. The Hall–Kier alpha value is -0.560. The molecule has 0 aromatic carbocycles. The first kappa shape index (κ1) is 7.11. The summed E-state index contributed by atoms with van der Waals surface area (Å²) in [5, 5.41) is 0. The molecule has 0 saturated carbocycles. The monoisotopic (exact) mass is 150 g/mol. The Kier molecular flexibility index (Phi) is 1.43. The van der Waals surface area contributed by atoms with E-state index in [0.29, 0.717) is 12.0 Å². The van der Waals surface area contributed by atoms with Crippen molar-refractivity contribution in [2.45, 2.75) is 32.0 Å². The van der Waals surface area contributed by atoms with Crippen LogP contribution in [0.3, 0.4) is 0 Å². The van der Waals surface area contributed by atoms with E-state index in [1.807, 2.05) is 0 Å². The van der Waals surface area contributed by atoms with Gasteiger partial charge in [0.15, 0.2) is 0 Å². The average Bonchev–Trinajstić information content (AvgIpc) is 2.78. The van der Waals surface area contributed by atoms with Crippen molar-refractivity contribution in [3.05, 3.63) is 24.3 Å². The quantitative estimate of drug-likeness (QED) is 0.550. The van der Waals surface area contributed by atoms with Gasteiger partial charge in [0, 0.05) is 0 Å². The number of hydrogen-bond donors (Lipinski definition) is 0. The standard InChI is InChI=1S/C10H14O/c1-3-8(2)10-7-5-4-6-9(10)11-10/h4-9H,3H2,1-2H3. The van der Waals surface area contributed by atoms with E-state index in [4.69, 9.17) is 4.74 Å². The Bertz CT molecular complexity index is 217. The van der Waals surface area contributed by atoms with Gasteiger partial charge in [-0.3, -0.25) is 0 Å². The first-order valence-corrected chi connectivity index (χ1v) is 4.33. The molecule has 2 rings (SSSR count). The van der Waals surface area contributed by atoms with Crippen LogP contribution in [0.5, 0.6) is 0 Å². The summed E-state index contributed by atoms with van der Waals surface area (Å²) in [6.07, 6.45) is 10.1. The van der Waals surface area contributed by atoms with Crippen LogP contribution in [0.4, 0.5) is 0 Å². The Labute approximate surface area is 67.7 Å². The van der Waals surface area contributed by atoms with E-state index in [0.717, 1.165) is 0 Å². The molecule has 2 aliphatic rings. The van der Waals surface area contributed by atoms with Crippen molar-refractivity contribution < 1.29 is 4.74 Å². The van der Waals surface area contributed by atoms with Crippen LogP contribution in [-0.2, 0) is 4.74 Å². The van der Waals surface area contributed by atoms with Crippen LogP contribution in [0.15, 0.2) is 24.3 Å². The highest BCUT2D eigenvalue weighted by molar-refractivity contribution is 5.32. The van der Waals surface area contributed by atoms with E-state index >= 15 is 0 Å². The highest BCUT2D eigenvalue weighted by Gasteiger charge is 2.56. The van der Waals surface area contributed by atoms with Gasteiger partial charge in [0.25, 0.3) is 0 Å². The largest absolute Gasteiger partial charge is 0.357 e. The minimum absolute atomic E-state index is 0.0868. The Morgan fingerprint density at radius 2 is 2.36 bits per heavy atom. The summed E-state index contributed by atoms with van der Waals surface area (Å²) in [7, 11) is 0. The van der Waals surface area contributed by atoms with Crippen LogP contribution in [0.25, 0.3) is 0 Å². The third kappa shape index (κ3) is 0.875. The molecule has 11 heavy (non-hydrogen) atoms. The van der Waals surface area contributed by atoms with Gasteiger partial charge < -0.3 is 4.74 Å². The maximum atomic E-state index is 5.64. The number of fused-ring (bicyclic) bond motifs is 1. The molecule has 3 unspecified atom stereocenters. The van der Waals surface area contributed by atoms with Gasteiger partial charge in [-0.25, -0.2) is 0 Å². The third-order valence-corrected chi connectivity index (χ3v) is 2.85. The highest BCUT2D eigenvalue weighted by Crippen LogP contribution is 2.47. The molecule has 0 N–H and O–H groups in total. The molecule has 0 aromatic heterocycles. The fourth-order valence-corrected chi connectivity index (χ4v) is 1.76. The van der Waals surface area contributed by atoms with Gasteiger partial charge in [0.05, 0.1) is 0 Å². The number of hydrogen-bond acceptors (Lipinski definition) is 1. The van der Waals surface area contributed by atoms with E-state index < -0.39 is 0 Å². The predicted octanol–water partition coefficient (Wildman–Crippen LogP) is 2.30. The van der Waals surface area contributed by atoms with Gasteiger partial charge in [0.1, 0.15) is 11.7 Å². The lowest BCUT2D eigenvalue weighted by molar-refractivity contribution is 0.268. The molecule has 1 aliphatic carbocycles. The van der Waals surface area contributed by atoms with Crippen molar-refractivity contribution in [1.29, 1.82) is 0 Å². The van der Waals surface area contributed by atoms with E-state index in [9.17, 15) is 0 Å². The lowest BCUT2D eigenvalue weighted by Crippen LogP contribution is -2.22. The molecule has 0 radical (unpaired) electrons.